The second-order valence-electron chi connectivity index (χ2n) is 8.47. The molecule has 1 atom stereocenters. The first kappa shape index (κ1) is 12.9. The summed E-state index contributed by atoms with van der Waals surface area (Å²) in [5.41, 5.74) is 2.94. The summed E-state index contributed by atoms with van der Waals surface area (Å²) < 4.78 is 85.7. The Bertz CT molecular complexity index is 1520. The molecule has 0 radical (unpaired) electrons. The first-order chi connectivity index (χ1) is 19.9. The van der Waals surface area contributed by atoms with Crippen LogP contribution in [0.1, 0.15) is 62.1 Å². The van der Waals surface area contributed by atoms with E-state index in [-0.39, 0.29) is 41.8 Å². The summed E-state index contributed by atoms with van der Waals surface area (Å²) in [5, 5.41) is 20.0. The molecule has 0 aromatic heterocycles. The van der Waals surface area contributed by atoms with E-state index in [4.69, 9.17) is 18.4 Å². The van der Waals surface area contributed by atoms with Crippen LogP contribution in [0.3, 0.4) is 0 Å². The number of hydrogen-bond acceptors (Lipinski definition) is 4. The first-order valence-corrected chi connectivity index (χ1v) is 10.8. The number of phenolic OH excluding ortho intramolecular Hbond substituents is 2. The first-order valence-electron chi connectivity index (χ1n) is 15.8. The number of phenols is 2. The molecule has 1 fully saturated rings. The van der Waals surface area contributed by atoms with Crippen LogP contribution in [0.25, 0.3) is 11.1 Å². The van der Waals surface area contributed by atoms with Gasteiger partial charge in [-0.05, 0) is 78.6 Å². The van der Waals surface area contributed by atoms with E-state index in [1.165, 1.54) is 35.2 Å². The summed E-state index contributed by atoms with van der Waals surface area (Å²) in [6, 6.07) is 17.8. The maximum absolute atomic E-state index is 10.1. The fraction of sp³-hybridized carbons (Fsp3) is 0.310. The van der Waals surface area contributed by atoms with Gasteiger partial charge in [-0.2, -0.15) is 0 Å². The average molecular weight is 452 g/mol. The van der Waals surface area contributed by atoms with Crippen molar-refractivity contribution >= 4 is 11.1 Å². The molecule has 2 aliphatic heterocycles. The minimum atomic E-state index is -3.11. The van der Waals surface area contributed by atoms with Crippen molar-refractivity contribution in [1.82, 2.24) is 4.90 Å². The van der Waals surface area contributed by atoms with Crippen LogP contribution in [-0.4, -0.2) is 34.7 Å². The predicted octanol–water partition coefficient (Wildman–Crippen LogP) is 6.05. The molecule has 4 heteroatoms. The Hall–Kier alpha value is -3.24. The van der Waals surface area contributed by atoms with Gasteiger partial charge in [-0.25, -0.2) is 0 Å². The molecule has 0 bridgehead atoms. The number of nitrogens with zero attached hydrogens (tertiary/aromatic N) is 1. The number of benzene rings is 3. The summed E-state index contributed by atoms with van der Waals surface area (Å²) >= 11 is 0. The van der Waals surface area contributed by atoms with Crippen LogP contribution in [0.15, 0.2) is 66.7 Å². The molecule has 0 amide bonds. The molecule has 4 nitrogen and oxygen atoms in total. The van der Waals surface area contributed by atoms with Gasteiger partial charge in [0.1, 0.15) is 23.4 Å². The minimum Gasteiger partial charge on any atom is -0.508 e. The van der Waals surface area contributed by atoms with Gasteiger partial charge in [0.2, 0.25) is 0 Å². The second kappa shape index (κ2) is 8.95. The van der Waals surface area contributed by atoms with Crippen LogP contribution < -0.4 is 4.74 Å². The van der Waals surface area contributed by atoms with E-state index in [0.29, 0.717) is 28.7 Å². The molecule has 0 saturated carbocycles. The summed E-state index contributed by atoms with van der Waals surface area (Å²) in [6.07, 6.45) is -3.33. The number of allylic oxidation sites excluding steroid dienone is 1. The topological polar surface area (TPSA) is 52.9 Å². The monoisotopic (exact) mass is 451 g/mol. The molecule has 3 aromatic rings. The second-order valence-corrected chi connectivity index (χ2v) is 8.47. The van der Waals surface area contributed by atoms with Gasteiger partial charge in [0, 0.05) is 44.0 Å². The lowest BCUT2D eigenvalue weighted by molar-refractivity contribution is 0.101. The molecule has 2 N–H and O–H groups in total. The third-order valence-electron chi connectivity index (χ3n) is 6.17. The number of likely N-dealkylation sites (tertiary alicyclic amines) is 1. The number of rotatable bonds is 6. The van der Waals surface area contributed by atoms with E-state index in [2.05, 4.69) is 0 Å². The van der Waals surface area contributed by atoms with Crippen LogP contribution in [0.4, 0.5) is 0 Å². The summed E-state index contributed by atoms with van der Waals surface area (Å²) in [5.74, 6) is 0.170. The summed E-state index contributed by atoms with van der Waals surface area (Å²) in [6.45, 7) is -7.89. The predicted molar refractivity (Wildman–Crippen MR) is 132 cm³/mol. The Morgan fingerprint density at radius 2 is 1.76 bits per heavy atom. The van der Waals surface area contributed by atoms with Crippen molar-refractivity contribution in [2.45, 2.75) is 32.6 Å². The maximum atomic E-state index is 10.1. The highest BCUT2D eigenvalue weighted by atomic mass is 16.5. The Morgan fingerprint density at radius 1 is 1.00 bits per heavy atom. The number of ether oxygens (including phenoxy) is 1. The largest absolute Gasteiger partial charge is 0.508 e. The van der Waals surface area contributed by atoms with Crippen molar-refractivity contribution < 1.29 is 28.7 Å². The Kier molecular flexibility index (Phi) is 3.49. The fourth-order valence-corrected chi connectivity index (χ4v) is 4.48. The molecule has 1 unspecified atom stereocenters. The van der Waals surface area contributed by atoms with Crippen LogP contribution >= 0.6 is 0 Å². The van der Waals surface area contributed by atoms with Gasteiger partial charge in [0.05, 0.1) is 0 Å². The van der Waals surface area contributed by atoms with E-state index in [1.54, 1.807) is 12.1 Å². The van der Waals surface area contributed by atoms with Gasteiger partial charge < -0.3 is 19.8 Å². The molecule has 170 valence electrons. The Morgan fingerprint density at radius 3 is 2.48 bits per heavy atom. The van der Waals surface area contributed by atoms with Crippen LogP contribution in [-0.2, 0) is 6.42 Å². The summed E-state index contributed by atoms with van der Waals surface area (Å²) in [7, 11) is 0. The van der Waals surface area contributed by atoms with Crippen molar-refractivity contribution in [3.05, 3.63) is 89.0 Å². The zero-order valence-corrected chi connectivity index (χ0v) is 17.9. The van der Waals surface area contributed by atoms with Crippen LogP contribution in [0.5, 0.6) is 17.2 Å². The molecule has 2 heterocycles. The maximum Gasteiger partial charge on any atom is 0.150 e. The molecular weight excluding hydrogens is 410 g/mol. The highest BCUT2D eigenvalue weighted by Gasteiger charge is 2.30. The third kappa shape index (κ3) is 4.36. The molecule has 3 aromatic carbocycles. The quantitative estimate of drug-likeness (QED) is 0.479. The van der Waals surface area contributed by atoms with Crippen molar-refractivity contribution in [3.8, 4) is 17.2 Å². The van der Waals surface area contributed by atoms with Crippen LogP contribution in [0, 0.1) is 5.92 Å². The SMILES string of the molecule is [2H]C([2H])([2H])C1=C(c2ccc(O)cc2)C(c2ccc(CC3CN(C([2H])([2H])C([2H])([2H])C([2H])([2H])[2H])C3)cc2)Oc2cc(O)ccc21. The normalized spacial score (nSPS) is 24.7. The number of fused-ring (bicyclic) bond motifs is 1. The van der Waals surface area contributed by atoms with Gasteiger partial charge in [0.15, 0.2) is 0 Å². The van der Waals surface area contributed by atoms with Gasteiger partial charge in [0.25, 0.3) is 0 Å². The van der Waals surface area contributed by atoms with E-state index in [9.17, 15) is 10.2 Å². The third-order valence-corrected chi connectivity index (χ3v) is 6.17. The zero-order valence-electron chi connectivity index (χ0n) is 27.9. The van der Waals surface area contributed by atoms with Crippen LogP contribution in [0.2, 0.25) is 0 Å². The van der Waals surface area contributed by atoms with Crippen molar-refractivity contribution in [2.75, 3.05) is 19.6 Å². The van der Waals surface area contributed by atoms with Gasteiger partial charge in [-0.15, -0.1) is 0 Å². The number of aromatic hydroxyl groups is 2. The van der Waals surface area contributed by atoms with Crippen molar-refractivity contribution in [1.29, 1.82) is 0 Å². The zero-order chi connectivity index (χ0) is 31.5. The van der Waals surface area contributed by atoms with Gasteiger partial charge >= 0.3 is 0 Å². The molecule has 0 aliphatic carbocycles. The lowest BCUT2D eigenvalue weighted by atomic mass is 9.85. The molecule has 5 rings (SSSR count). The van der Waals surface area contributed by atoms with E-state index >= 15 is 0 Å². The molecule has 0 spiro atoms. The average Bonchev–Trinajstić information content (AvgIpc) is 2.88. The minimum absolute atomic E-state index is 0.0104. The Balaban J connectivity index is 1.42. The smallest absolute Gasteiger partial charge is 0.150 e. The lowest BCUT2D eigenvalue weighted by Gasteiger charge is -2.39. The van der Waals surface area contributed by atoms with Crippen molar-refractivity contribution in [2.24, 2.45) is 5.92 Å². The standard InChI is InChI=1S/C29H31NO3/c1-3-14-30-17-21(18-30)15-20-4-6-23(7-5-20)29-28(22-8-10-24(31)11-9-22)19(2)26-13-12-25(32)16-27(26)33-29/h4-13,16,21,29,31-32H,3,14-15,17-18H2,1-2H3/i1D3,2D3,3D2,14D2. The van der Waals surface area contributed by atoms with Gasteiger partial charge in [-0.1, -0.05) is 43.3 Å². The van der Waals surface area contributed by atoms with E-state index < -0.39 is 32.7 Å². The lowest BCUT2D eigenvalue weighted by Crippen LogP contribution is -2.47. The molecule has 33 heavy (non-hydrogen) atoms. The Labute approximate surface area is 209 Å². The van der Waals surface area contributed by atoms with E-state index in [1.807, 2.05) is 24.3 Å². The molecule has 2 aliphatic rings. The van der Waals surface area contributed by atoms with Gasteiger partial charge in [-0.3, -0.25) is 0 Å². The highest BCUT2D eigenvalue weighted by Crippen LogP contribution is 2.47. The molecular formula is C29H31NO3. The summed E-state index contributed by atoms with van der Waals surface area (Å²) in [4.78, 5) is 1.21. The number of hydrogen-bond donors (Lipinski definition) is 2. The van der Waals surface area contributed by atoms with E-state index in [0.717, 1.165) is 5.56 Å². The highest BCUT2D eigenvalue weighted by molar-refractivity contribution is 5.95. The molecule has 1 saturated heterocycles. The van der Waals surface area contributed by atoms with Crippen molar-refractivity contribution in [3.63, 3.8) is 0 Å². The fourth-order valence-electron chi connectivity index (χ4n) is 4.48.